The molecule has 0 aliphatic heterocycles. The molecule has 2 atom stereocenters. The Bertz CT molecular complexity index is 420. The van der Waals surface area contributed by atoms with Gasteiger partial charge in [-0.2, -0.15) is 0 Å². The molecule has 3 nitrogen and oxygen atoms in total. The highest BCUT2D eigenvalue weighted by Gasteiger charge is 2.18. The number of nitrogens with zero attached hydrogens (tertiary/aromatic N) is 1. The first-order chi connectivity index (χ1) is 8.16. The molecule has 1 aromatic rings. The van der Waals surface area contributed by atoms with Crippen LogP contribution in [0.25, 0.3) is 0 Å². The SMILES string of the molecule is Oc1c(Br)cccc1C=N[C@@H]1CCC[C@H](O)C1. The molecule has 1 aliphatic rings. The fraction of sp³-hybridized carbons (Fsp3) is 0.462. The molecule has 92 valence electrons. The maximum atomic E-state index is 9.79. The summed E-state index contributed by atoms with van der Waals surface area (Å²) < 4.78 is 0.671. The highest BCUT2D eigenvalue weighted by molar-refractivity contribution is 9.10. The summed E-state index contributed by atoms with van der Waals surface area (Å²) >= 11 is 3.27. The van der Waals surface area contributed by atoms with Crippen LogP contribution in [0.2, 0.25) is 0 Å². The molecule has 0 amide bonds. The van der Waals surface area contributed by atoms with Crippen LogP contribution >= 0.6 is 15.9 Å². The van der Waals surface area contributed by atoms with Crippen molar-refractivity contribution in [2.24, 2.45) is 4.99 Å². The number of benzene rings is 1. The van der Waals surface area contributed by atoms with Crippen molar-refractivity contribution >= 4 is 22.1 Å². The van der Waals surface area contributed by atoms with E-state index in [1.165, 1.54) is 0 Å². The van der Waals surface area contributed by atoms with E-state index in [4.69, 9.17) is 0 Å². The lowest BCUT2D eigenvalue weighted by Crippen LogP contribution is -2.22. The average molecular weight is 298 g/mol. The van der Waals surface area contributed by atoms with Crippen LogP contribution in [-0.2, 0) is 0 Å². The zero-order chi connectivity index (χ0) is 12.3. The second-order valence-corrected chi connectivity index (χ2v) is 5.28. The van der Waals surface area contributed by atoms with Gasteiger partial charge in [-0.15, -0.1) is 0 Å². The summed E-state index contributed by atoms with van der Waals surface area (Å²) in [6.07, 6.45) is 5.13. The molecule has 2 N–H and O–H groups in total. The van der Waals surface area contributed by atoms with Gasteiger partial charge in [-0.3, -0.25) is 4.99 Å². The van der Waals surface area contributed by atoms with Gasteiger partial charge >= 0.3 is 0 Å². The normalized spacial score (nSPS) is 25.3. The third-order valence-electron chi connectivity index (χ3n) is 3.06. The molecule has 17 heavy (non-hydrogen) atoms. The molecular formula is C13H16BrNO2. The van der Waals surface area contributed by atoms with Crippen molar-refractivity contribution in [3.05, 3.63) is 28.2 Å². The molecule has 1 saturated carbocycles. The molecule has 0 bridgehead atoms. The largest absolute Gasteiger partial charge is 0.506 e. The summed E-state index contributed by atoms with van der Waals surface area (Å²) in [5.74, 6) is 0.215. The Morgan fingerprint density at radius 3 is 2.94 bits per heavy atom. The lowest BCUT2D eigenvalue weighted by atomic mass is 9.93. The standard InChI is InChI=1S/C13H16BrNO2/c14-12-6-1-3-9(13(12)17)8-15-10-4-2-5-11(16)7-10/h1,3,6,8,10-11,16-17H,2,4-5,7H2/t10-,11+/m1/s1. The average Bonchev–Trinajstić information content (AvgIpc) is 2.31. The Hall–Kier alpha value is -0.870. The van der Waals surface area contributed by atoms with E-state index < -0.39 is 0 Å². The van der Waals surface area contributed by atoms with Crippen molar-refractivity contribution in [1.29, 1.82) is 0 Å². The zero-order valence-electron chi connectivity index (χ0n) is 9.51. The van der Waals surface area contributed by atoms with Crippen molar-refractivity contribution in [2.75, 3.05) is 0 Å². The minimum atomic E-state index is -0.220. The predicted octanol–water partition coefficient (Wildman–Crippen LogP) is 2.88. The van der Waals surface area contributed by atoms with Gasteiger partial charge in [0.25, 0.3) is 0 Å². The molecule has 0 aromatic heterocycles. The number of aliphatic imine (C=N–C) groups is 1. The van der Waals surface area contributed by atoms with Gasteiger partial charge in [0.05, 0.1) is 16.6 Å². The third kappa shape index (κ3) is 3.30. The molecule has 1 aromatic carbocycles. The topological polar surface area (TPSA) is 52.8 Å². The van der Waals surface area contributed by atoms with Crippen LogP contribution in [0.1, 0.15) is 31.2 Å². The molecule has 0 radical (unpaired) electrons. The van der Waals surface area contributed by atoms with Crippen molar-refractivity contribution in [3.63, 3.8) is 0 Å². The van der Waals surface area contributed by atoms with E-state index in [0.29, 0.717) is 10.0 Å². The number of rotatable bonds is 2. The highest BCUT2D eigenvalue weighted by Crippen LogP contribution is 2.27. The van der Waals surface area contributed by atoms with Crippen molar-refractivity contribution in [2.45, 2.75) is 37.8 Å². The minimum absolute atomic E-state index is 0.178. The molecular weight excluding hydrogens is 282 g/mol. The Kier molecular flexibility index (Phi) is 4.18. The summed E-state index contributed by atoms with van der Waals surface area (Å²) in [4.78, 5) is 4.44. The van der Waals surface area contributed by atoms with Crippen molar-refractivity contribution in [3.8, 4) is 5.75 Å². The second kappa shape index (κ2) is 5.65. The molecule has 2 rings (SSSR count). The van der Waals surface area contributed by atoms with Gasteiger partial charge in [0.15, 0.2) is 0 Å². The number of aromatic hydroxyl groups is 1. The molecule has 0 unspecified atom stereocenters. The van der Waals surface area contributed by atoms with Gasteiger partial charge in [0.1, 0.15) is 5.75 Å². The van der Waals surface area contributed by atoms with Crippen LogP contribution in [0.4, 0.5) is 0 Å². The fourth-order valence-corrected chi connectivity index (χ4v) is 2.48. The third-order valence-corrected chi connectivity index (χ3v) is 3.70. The number of phenols is 1. The molecule has 0 heterocycles. The second-order valence-electron chi connectivity index (χ2n) is 4.43. The lowest BCUT2D eigenvalue weighted by molar-refractivity contribution is 0.121. The number of para-hydroxylation sites is 1. The van der Waals surface area contributed by atoms with E-state index in [0.717, 1.165) is 25.7 Å². The van der Waals surface area contributed by atoms with Gasteiger partial charge in [-0.1, -0.05) is 6.07 Å². The van der Waals surface area contributed by atoms with Crippen LogP contribution in [0.5, 0.6) is 5.75 Å². The Morgan fingerprint density at radius 2 is 2.18 bits per heavy atom. The van der Waals surface area contributed by atoms with Crippen LogP contribution in [-0.4, -0.2) is 28.6 Å². The van der Waals surface area contributed by atoms with E-state index in [1.54, 1.807) is 12.3 Å². The molecule has 4 heteroatoms. The molecule has 1 aliphatic carbocycles. The first-order valence-corrected chi connectivity index (χ1v) is 6.65. The van der Waals surface area contributed by atoms with Crippen molar-refractivity contribution < 1.29 is 10.2 Å². The quantitative estimate of drug-likeness (QED) is 0.825. The smallest absolute Gasteiger partial charge is 0.138 e. The Balaban J connectivity index is 2.07. The lowest BCUT2D eigenvalue weighted by Gasteiger charge is -2.22. The summed E-state index contributed by atoms with van der Waals surface area (Å²) in [6.45, 7) is 0. The number of hydrogen-bond donors (Lipinski definition) is 2. The van der Waals surface area contributed by atoms with Crippen LogP contribution in [0.3, 0.4) is 0 Å². The molecule has 0 saturated heterocycles. The molecule has 0 spiro atoms. The van der Waals surface area contributed by atoms with Gasteiger partial charge in [-0.25, -0.2) is 0 Å². The maximum Gasteiger partial charge on any atom is 0.138 e. The monoisotopic (exact) mass is 297 g/mol. The molecule has 1 fully saturated rings. The van der Waals surface area contributed by atoms with Crippen LogP contribution < -0.4 is 0 Å². The fourth-order valence-electron chi connectivity index (χ4n) is 2.10. The van der Waals surface area contributed by atoms with Gasteiger partial charge in [-0.05, 0) is 53.7 Å². The number of phenolic OH excluding ortho intramolecular Hbond substituents is 1. The Labute approximate surface area is 109 Å². The maximum absolute atomic E-state index is 9.79. The highest BCUT2D eigenvalue weighted by atomic mass is 79.9. The number of aliphatic hydroxyl groups is 1. The Morgan fingerprint density at radius 1 is 1.35 bits per heavy atom. The van der Waals surface area contributed by atoms with Gasteiger partial charge in [0, 0.05) is 11.8 Å². The predicted molar refractivity (Wildman–Crippen MR) is 71.7 cm³/mol. The minimum Gasteiger partial charge on any atom is -0.506 e. The van der Waals surface area contributed by atoms with E-state index in [9.17, 15) is 10.2 Å². The first kappa shape index (κ1) is 12.6. The van der Waals surface area contributed by atoms with Crippen LogP contribution in [0, 0.1) is 0 Å². The summed E-state index contributed by atoms with van der Waals surface area (Å²) in [6, 6.07) is 5.65. The number of aliphatic hydroxyl groups excluding tert-OH is 1. The summed E-state index contributed by atoms with van der Waals surface area (Å²) in [7, 11) is 0. The number of hydrogen-bond acceptors (Lipinski definition) is 3. The summed E-state index contributed by atoms with van der Waals surface area (Å²) in [5.41, 5.74) is 0.708. The van der Waals surface area contributed by atoms with E-state index in [2.05, 4.69) is 20.9 Å². The van der Waals surface area contributed by atoms with E-state index in [-0.39, 0.29) is 17.9 Å². The zero-order valence-corrected chi connectivity index (χ0v) is 11.1. The van der Waals surface area contributed by atoms with Crippen LogP contribution in [0.15, 0.2) is 27.7 Å². The van der Waals surface area contributed by atoms with Gasteiger partial charge in [0.2, 0.25) is 0 Å². The number of halogens is 1. The van der Waals surface area contributed by atoms with E-state index >= 15 is 0 Å². The van der Waals surface area contributed by atoms with Crippen molar-refractivity contribution in [1.82, 2.24) is 0 Å². The summed E-state index contributed by atoms with van der Waals surface area (Å²) in [5, 5.41) is 19.3. The van der Waals surface area contributed by atoms with E-state index in [1.807, 2.05) is 12.1 Å². The van der Waals surface area contributed by atoms with Gasteiger partial charge < -0.3 is 10.2 Å². The first-order valence-electron chi connectivity index (χ1n) is 5.85.